The first-order valence-corrected chi connectivity index (χ1v) is 8.32. The number of rotatable bonds is 7. The Bertz CT molecular complexity index is 527. The lowest BCUT2D eigenvalue weighted by atomic mass is 10.2. The normalized spacial score (nSPS) is 13.1. The van der Waals surface area contributed by atoms with Crippen LogP contribution in [0.25, 0.3) is 0 Å². The summed E-state index contributed by atoms with van der Waals surface area (Å²) >= 11 is 1.77. The van der Waals surface area contributed by atoms with Gasteiger partial charge in [-0.1, -0.05) is 20.8 Å². The zero-order valence-corrected chi connectivity index (χ0v) is 13.7. The molecule has 2 aromatic heterocycles. The molecule has 1 N–H and O–H groups in total. The Morgan fingerprint density at radius 2 is 2.15 bits per heavy atom. The molecule has 0 aromatic carbocycles. The van der Waals surface area contributed by atoms with Gasteiger partial charge in [0.2, 0.25) is 0 Å². The van der Waals surface area contributed by atoms with E-state index < -0.39 is 0 Å². The van der Waals surface area contributed by atoms with Crippen molar-refractivity contribution in [3.63, 3.8) is 0 Å². The molecule has 2 heterocycles. The Morgan fingerprint density at radius 3 is 2.80 bits per heavy atom. The monoisotopic (exact) mass is 291 g/mol. The molecule has 0 saturated heterocycles. The van der Waals surface area contributed by atoms with Crippen molar-refractivity contribution in [1.29, 1.82) is 0 Å². The van der Waals surface area contributed by atoms with Gasteiger partial charge in [-0.25, -0.2) is 4.98 Å². The molecule has 110 valence electrons. The van der Waals surface area contributed by atoms with Crippen LogP contribution in [-0.2, 0) is 6.54 Å². The summed E-state index contributed by atoms with van der Waals surface area (Å²) in [4.78, 5) is 4.72. The van der Waals surface area contributed by atoms with Crippen molar-refractivity contribution in [1.82, 2.24) is 14.9 Å². The topological polar surface area (TPSA) is 29.9 Å². The van der Waals surface area contributed by atoms with E-state index in [1.165, 1.54) is 16.4 Å². The third-order valence-corrected chi connectivity index (χ3v) is 4.60. The molecule has 0 fully saturated rings. The van der Waals surface area contributed by atoms with E-state index in [1.54, 1.807) is 11.3 Å². The van der Waals surface area contributed by atoms with E-state index in [4.69, 9.17) is 4.98 Å². The van der Waals surface area contributed by atoms with Crippen LogP contribution >= 0.6 is 11.3 Å². The summed E-state index contributed by atoms with van der Waals surface area (Å²) in [5.41, 5.74) is 2.50. The summed E-state index contributed by atoms with van der Waals surface area (Å²) in [6, 6.07) is 4.70. The van der Waals surface area contributed by atoms with Crippen LogP contribution in [0.15, 0.2) is 23.7 Å². The molecule has 0 aliphatic rings. The van der Waals surface area contributed by atoms with Crippen molar-refractivity contribution in [2.45, 2.75) is 52.6 Å². The van der Waals surface area contributed by atoms with Crippen LogP contribution in [0.5, 0.6) is 0 Å². The molecule has 20 heavy (non-hydrogen) atoms. The standard InChI is InChI=1S/C16H25N3S/c1-5-8-17-13(4)15-7-6-9-19(15)10-14-11-20-16(18-14)12(2)3/h6-7,9,11-13,17H,5,8,10H2,1-4H3. The fourth-order valence-corrected chi connectivity index (χ4v) is 3.09. The molecule has 0 aliphatic carbocycles. The molecule has 1 atom stereocenters. The molecule has 0 saturated carbocycles. The molecule has 0 aliphatic heterocycles. The SMILES string of the molecule is CCCNC(C)c1cccn1Cc1csc(C(C)C)n1. The van der Waals surface area contributed by atoms with Crippen molar-refractivity contribution >= 4 is 11.3 Å². The van der Waals surface area contributed by atoms with Crippen LogP contribution in [0, 0.1) is 0 Å². The van der Waals surface area contributed by atoms with E-state index in [2.05, 4.69) is 61.3 Å². The maximum Gasteiger partial charge on any atom is 0.0954 e. The van der Waals surface area contributed by atoms with Gasteiger partial charge in [0.1, 0.15) is 0 Å². The third-order valence-electron chi connectivity index (χ3n) is 3.40. The minimum absolute atomic E-state index is 0.383. The van der Waals surface area contributed by atoms with E-state index in [9.17, 15) is 0 Å². The van der Waals surface area contributed by atoms with Gasteiger partial charge in [-0.2, -0.15) is 0 Å². The van der Waals surface area contributed by atoms with Crippen LogP contribution in [-0.4, -0.2) is 16.1 Å². The number of hydrogen-bond donors (Lipinski definition) is 1. The maximum atomic E-state index is 4.72. The summed E-state index contributed by atoms with van der Waals surface area (Å²) < 4.78 is 2.30. The quantitative estimate of drug-likeness (QED) is 0.829. The predicted octanol–water partition coefficient (Wildman–Crippen LogP) is 4.18. The Kier molecular flexibility index (Phi) is 5.38. The number of hydrogen-bond acceptors (Lipinski definition) is 3. The summed E-state index contributed by atoms with van der Waals surface area (Å²) in [7, 11) is 0. The van der Waals surface area contributed by atoms with Gasteiger partial charge >= 0.3 is 0 Å². The zero-order chi connectivity index (χ0) is 14.5. The van der Waals surface area contributed by atoms with Crippen molar-refractivity contribution < 1.29 is 0 Å². The van der Waals surface area contributed by atoms with Crippen LogP contribution in [0.1, 0.15) is 62.5 Å². The summed E-state index contributed by atoms with van der Waals surface area (Å²) in [6.07, 6.45) is 3.31. The van der Waals surface area contributed by atoms with Gasteiger partial charge in [0.05, 0.1) is 17.2 Å². The highest BCUT2D eigenvalue weighted by Gasteiger charge is 2.11. The molecule has 0 amide bonds. The number of thiazole rings is 1. The molecule has 1 unspecified atom stereocenters. The van der Waals surface area contributed by atoms with E-state index in [1.807, 2.05) is 0 Å². The number of aromatic nitrogens is 2. The Labute approximate surface area is 126 Å². The van der Waals surface area contributed by atoms with E-state index in [0.29, 0.717) is 12.0 Å². The van der Waals surface area contributed by atoms with Crippen molar-refractivity contribution in [3.05, 3.63) is 40.1 Å². The molecule has 3 nitrogen and oxygen atoms in total. The first-order valence-electron chi connectivity index (χ1n) is 7.44. The van der Waals surface area contributed by atoms with Gasteiger partial charge in [-0.3, -0.25) is 0 Å². The average Bonchev–Trinajstić information content (AvgIpc) is 3.05. The molecule has 2 aromatic rings. The lowest BCUT2D eigenvalue weighted by Crippen LogP contribution is -2.22. The fourth-order valence-electron chi connectivity index (χ4n) is 2.26. The van der Waals surface area contributed by atoms with Gasteiger partial charge in [-0.15, -0.1) is 11.3 Å². The number of nitrogens with zero attached hydrogens (tertiary/aromatic N) is 2. The van der Waals surface area contributed by atoms with E-state index >= 15 is 0 Å². The van der Waals surface area contributed by atoms with E-state index in [-0.39, 0.29) is 0 Å². The van der Waals surface area contributed by atoms with Gasteiger partial charge < -0.3 is 9.88 Å². The highest BCUT2D eigenvalue weighted by Crippen LogP contribution is 2.21. The van der Waals surface area contributed by atoms with Crippen LogP contribution < -0.4 is 5.32 Å². The van der Waals surface area contributed by atoms with Gasteiger partial charge in [0, 0.05) is 29.2 Å². The summed E-state index contributed by atoms with van der Waals surface area (Å²) in [5.74, 6) is 0.517. The van der Waals surface area contributed by atoms with Gasteiger partial charge in [-0.05, 0) is 32.0 Å². The minimum atomic E-state index is 0.383. The molecule has 0 bridgehead atoms. The van der Waals surface area contributed by atoms with Crippen LogP contribution in [0.2, 0.25) is 0 Å². The molecular formula is C16H25N3S. The Balaban J connectivity index is 2.07. The maximum absolute atomic E-state index is 4.72. The Hall–Kier alpha value is -1.13. The van der Waals surface area contributed by atoms with Crippen molar-refractivity contribution in [2.75, 3.05) is 6.54 Å². The molecule has 0 radical (unpaired) electrons. The lowest BCUT2D eigenvalue weighted by Gasteiger charge is -2.16. The van der Waals surface area contributed by atoms with Crippen LogP contribution in [0.3, 0.4) is 0 Å². The van der Waals surface area contributed by atoms with Gasteiger partial charge in [0.25, 0.3) is 0 Å². The minimum Gasteiger partial charge on any atom is -0.344 e. The highest BCUT2D eigenvalue weighted by molar-refractivity contribution is 7.09. The van der Waals surface area contributed by atoms with Gasteiger partial charge in [0.15, 0.2) is 0 Å². The highest BCUT2D eigenvalue weighted by atomic mass is 32.1. The molecule has 0 spiro atoms. The smallest absolute Gasteiger partial charge is 0.0954 e. The predicted molar refractivity (Wildman–Crippen MR) is 86.4 cm³/mol. The van der Waals surface area contributed by atoms with Crippen molar-refractivity contribution in [2.24, 2.45) is 0 Å². The second-order valence-corrected chi connectivity index (χ2v) is 6.46. The molecular weight excluding hydrogens is 266 g/mol. The first-order chi connectivity index (χ1) is 9.61. The second-order valence-electron chi connectivity index (χ2n) is 5.57. The van der Waals surface area contributed by atoms with Crippen molar-refractivity contribution in [3.8, 4) is 0 Å². The van der Waals surface area contributed by atoms with E-state index in [0.717, 1.165) is 19.5 Å². The average molecular weight is 291 g/mol. The lowest BCUT2D eigenvalue weighted by molar-refractivity contribution is 0.533. The van der Waals surface area contributed by atoms with Crippen LogP contribution in [0.4, 0.5) is 0 Å². The largest absolute Gasteiger partial charge is 0.344 e. The molecule has 4 heteroatoms. The summed E-state index contributed by atoms with van der Waals surface area (Å²) in [6.45, 7) is 10.7. The molecule has 2 rings (SSSR count). The second kappa shape index (κ2) is 7.04. The zero-order valence-electron chi connectivity index (χ0n) is 12.9. The Morgan fingerprint density at radius 1 is 1.35 bits per heavy atom. The third kappa shape index (κ3) is 3.70. The summed E-state index contributed by atoms with van der Waals surface area (Å²) in [5, 5.41) is 6.96. The first kappa shape index (κ1) is 15.3. The fraction of sp³-hybridized carbons (Fsp3) is 0.562. The number of nitrogens with one attached hydrogen (secondary N) is 1.